The molecule has 142 valence electrons. The smallest absolute Gasteiger partial charge is 0.249 e. The van der Waals surface area contributed by atoms with Crippen LogP contribution in [-0.4, -0.2) is 35.6 Å². The highest BCUT2D eigenvalue weighted by Gasteiger charge is 2.38. The zero-order valence-electron chi connectivity index (χ0n) is 15.6. The number of anilines is 1. The lowest BCUT2D eigenvalue weighted by molar-refractivity contribution is -0.138. The molecule has 1 aromatic rings. The van der Waals surface area contributed by atoms with Crippen LogP contribution >= 0.6 is 0 Å². The minimum absolute atomic E-state index is 0.175. The molecular formula is C21H25N3O3. The predicted octanol–water partition coefficient (Wildman–Crippen LogP) is 2.54. The second-order valence-electron chi connectivity index (χ2n) is 7.38. The van der Waals surface area contributed by atoms with Gasteiger partial charge in [-0.15, -0.1) is 0 Å². The van der Waals surface area contributed by atoms with Gasteiger partial charge in [-0.25, -0.2) is 0 Å². The number of amides is 2. The van der Waals surface area contributed by atoms with Crippen LogP contribution in [-0.2, 0) is 20.8 Å². The largest absolute Gasteiger partial charge is 0.342 e. The maximum atomic E-state index is 12.7. The molecule has 1 aliphatic heterocycles. The van der Waals surface area contributed by atoms with Gasteiger partial charge in [0.25, 0.3) is 0 Å². The highest BCUT2D eigenvalue weighted by atomic mass is 16.2. The number of ketones is 1. The molecule has 1 aromatic carbocycles. The van der Waals surface area contributed by atoms with Crippen molar-refractivity contribution in [3.05, 3.63) is 29.8 Å². The first kappa shape index (κ1) is 19.1. The molecule has 1 heterocycles. The summed E-state index contributed by atoms with van der Waals surface area (Å²) in [6, 6.07) is 9.23. The van der Waals surface area contributed by atoms with Crippen LogP contribution in [0.3, 0.4) is 0 Å². The summed E-state index contributed by atoms with van der Waals surface area (Å²) >= 11 is 0. The van der Waals surface area contributed by atoms with Gasteiger partial charge < -0.3 is 10.2 Å². The summed E-state index contributed by atoms with van der Waals surface area (Å²) in [6.07, 6.45) is 3.87. The molecule has 2 aliphatic rings. The second-order valence-corrected chi connectivity index (χ2v) is 7.38. The van der Waals surface area contributed by atoms with E-state index in [0.29, 0.717) is 31.6 Å². The number of piperidine rings is 1. The number of rotatable bonds is 6. The Morgan fingerprint density at radius 3 is 2.26 bits per heavy atom. The molecule has 3 rings (SSSR count). The number of carbonyl (C=O) groups excluding carboxylic acids is 3. The molecule has 27 heavy (non-hydrogen) atoms. The molecule has 2 fully saturated rings. The van der Waals surface area contributed by atoms with Crippen LogP contribution in [0.25, 0.3) is 0 Å². The van der Waals surface area contributed by atoms with E-state index in [4.69, 9.17) is 0 Å². The second kappa shape index (κ2) is 8.34. The van der Waals surface area contributed by atoms with Crippen LogP contribution in [0.4, 0.5) is 5.69 Å². The fourth-order valence-corrected chi connectivity index (χ4v) is 3.50. The van der Waals surface area contributed by atoms with E-state index in [2.05, 4.69) is 5.32 Å². The quantitative estimate of drug-likeness (QED) is 0.782. The van der Waals surface area contributed by atoms with Crippen molar-refractivity contribution in [1.29, 1.82) is 5.26 Å². The summed E-state index contributed by atoms with van der Waals surface area (Å²) in [6.45, 7) is 3.11. The van der Waals surface area contributed by atoms with Gasteiger partial charge in [0.15, 0.2) is 11.7 Å². The zero-order chi connectivity index (χ0) is 19.4. The van der Waals surface area contributed by atoms with Gasteiger partial charge >= 0.3 is 0 Å². The van der Waals surface area contributed by atoms with Crippen molar-refractivity contribution >= 4 is 23.3 Å². The number of Topliss-reactive ketones (excluding diaryl/α,β-unsaturated/α-hetero) is 1. The Morgan fingerprint density at radius 2 is 1.74 bits per heavy atom. The van der Waals surface area contributed by atoms with E-state index < -0.39 is 11.8 Å². The first-order valence-electron chi connectivity index (χ1n) is 9.65. The molecule has 0 unspecified atom stereocenters. The molecule has 6 heteroatoms. The summed E-state index contributed by atoms with van der Waals surface area (Å²) in [5.41, 5.74) is 1.73. The van der Waals surface area contributed by atoms with Crippen LogP contribution in [0.5, 0.6) is 0 Å². The van der Waals surface area contributed by atoms with E-state index in [1.54, 1.807) is 12.1 Å². The minimum Gasteiger partial charge on any atom is -0.342 e. The summed E-state index contributed by atoms with van der Waals surface area (Å²) in [5, 5.41) is 12.1. The molecule has 6 nitrogen and oxygen atoms in total. The molecule has 0 aromatic heterocycles. The number of nitriles is 1. The predicted molar refractivity (Wildman–Crippen MR) is 101 cm³/mol. The van der Waals surface area contributed by atoms with E-state index in [-0.39, 0.29) is 23.5 Å². The van der Waals surface area contributed by atoms with Gasteiger partial charge in [-0.3, -0.25) is 14.4 Å². The van der Waals surface area contributed by atoms with Gasteiger partial charge in [0.05, 0.1) is 6.07 Å². The van der Waals surface area contributed by atoms with Crippen molar-refractivity contribution in [2.75, 3.05) is 18.4 Å². The molecule has 1 aliphatic carbocycles. The first-order valence-corrected chi connectivity index (χ1v) is 9.65. The van der Waals surface area contributed by atoms with Crippen molar-refractivity contribution < 1.29 is 14.4 Å². The molecule has 2 amide bonds. The summed E-state index contributed by atoms with van der Waals surface area (Å²) in [5.74, 6) is -2.21. The summed E-state index contributed by atoms with van der Waals surface area (Å²) in [7, 11) is 0. The number of benzene rings is 1. The average molecular weight is 367 g/mol. The number of nitrogens with zero attached hydrogens (tertiary/aromatic N) is 2. The van der Waals surface area contributed by atoms with E-state index in [9.17, 15) is 19.6 Å². The SMILES string of the molecule is CCc1ccc(NC(=O)[C@@H](C#N)C(=O)C2CCN(C(=O)C3CC3)CC2)cc1. The fraction of sp³-hybridized carbons (Fsp3) is 0.524. The third-order valence-corrected chi connectivity index (χ3v) is 5.44. The Bertz CT molecular complexity index is 754. The molecule has 0 bridgehead atoms. The molecule has 1 atom stereocenters. The Hall–Kier alpha value is -2.68. The van der Waals surface area contributed by atoms with Gasteiger partial charge in [0.1, 0.15) is 0 Å². The standard InChI is InChI=1S/C21H25N3O3/c1-2-14-3-7-17(8-4-14)23-20(26)18(13-22)19(25)15-9-11-24(12-10-15)21(27)16-5-6-16/h3-4,7-8,15-16,18H,2,5-6,9-12H2,1H3,(H,23,26)/t18-/m0/s1. The Balaban J connectivity index is 1.56. The van der Waals surface area contributed by atoms with Crippen LogP contribution in [0.1, 0.15) is 38.2 Å². The third-order valence-electron chi connectivity index (χ3n) is 5.44. The van der Waals surface area contributed by atoms with Crippen LogP contribution in [0, 0.1) is 29.1 Å². The van der Waals surface area contributed by atoms with Crippen molar-refractivity contribution in [3.63, 3.8) is 0 Å². The number of carbonyl (C=O) groups is 3. The Morgan fingerprint density at radius 1 is 1.11 bits per heavy atom. The van der Waals surface area contributed by atoms with Crippen molar-refractivity contribution in [1.82, 2.24) is 4.90 Å². The van der Waals surface area contributed by atoms with E-state index in [1.165, 1.54) is 0 Å². The number of likely N-dealkylation sites (tertiary alicyclic amines) is 1. The lowest BCUT2D eigenvalue weighted by Crippen LogP contribution is -2.43. The van der Waals surface area contributed by atoms with Crippen molar-refractivity contribution in [2.24, 2.45) is 17.8 Å². The van der Waals surface area contributed by atoms with Crippen molar-refractivity contribution in [3.8, 4) is 6.07 Å². The Labute approximate surface area is 159 Å². The fourth-order valence-electron chi connectivity index (χ4n) is 3.50. The highest BCUT2D eigenvalue weighted by molar-refractivity contribution is 6.10. The molecule has 1 N–H and O–H groups in total. The topological polar surface area (TPSA) is 90.3 Å². The van der Waals surface area contributed by atoms with Gasteiger partial charge in [-0.2, -0.15) is 5.26 Å². The normalized spacial score (nSPS) is 18.4. The van der Waals surface area contributed by atoms with E-state index in [1.807, 2.05) is 30.0 Å². The maximum Gasteiger partial charge on any atom is 0.249 e. The highest BCUT2D eigenvalue weighted by Crippen LogP contribution is 2.33. The monoisotopic (exact) mass is 367 g/mol. The van der Waals surface area contributed by atoms with E-state index >= 15 is 0 Å². The number of nitrogens with one attached hydrogen (secondary N) is 1. The van der Waals surface area contributed by atoms with E-state index in [0.717, 1.165) is 24.8 Å². The van der Waals surface area contributed by atoms with Gasteiger partial charge in [-0.05, 0) is 49.8 Å². The van der Waals surface area contributed by atoms with Crippen LogP contribution < -0.4 is 5.32 Å². The van der Waals surface area contributed by atoms with Gasteiger partial charge in [0, 0.05) is 30.6 Å². The lowest BCUT2D eigenvalue weighted by atomic mass is 9.85. The third kappa shape index (κ3) is 4.54. The number of hydrogen-bond donors (Lipinski definition) is 1. The number of hydrogen-bond acceptors (Lipinski definition) is 4. The van der Waals surface area contributed by atoms with Gasteiger partial charge in [0.2, 0.25) is 11.8 Å². The number of aryl methyl sites for hydroxylation is 1. The van der Waals surface area contributed by atoms with Crippen LogP contribution in [0.2, 0.25) is 0 Å². The zero-order valence-corrected chi connectivity index (χ0v) is 15.6. The minimum atomic E-state index is -1.31. The molecular weight excluding hydrogens is 342 g/mol. The van der Waals surface area contributed by atoms with Gasteiger partial charge in [-0.1, -0.05) is 19.1 Å². The summed E-state index contributed by atoms with van der Waals surface area (Å²) < 4.78 is 0. The van der Waals surface area contributed by atoms with Crippen molar-refractivity contribution in [2.45, 2.75) is 39.0 Å². The molecule has 1 saturated heterocycles. The maximum absolute atomic E-state index is 12.7. The molecule has 1 saturated carbocycles. The summed E-state index contributed by atoms with van der Waals surface area (Å²) in [4.78, 5) is 39.1. The Kier molecular flexibility index (Phi) is 5.90. The molecule has 0 radical (unpaired) electrons. The first-order chi connectivity index (χ1) is 13.0. The molecule has 0 spiro atoms. The lowest BCUT2D eigenvalue weighted by Gasteiger charge is -2.32. The van der Waals surface area contributed by atoms with Crippen LogP contribution in [0.15, 0.2) is 24.3 Å². The average Bonchev–Trinajstić information content (AvgIpc) is 3.54.